The summed E-state index contributed by atoms with van der Waals surface area (Å²) in [7, 11) is 1.50. The number of hydrogen-bond donors (Lipinski definition) is 0. The SMILES string of the molecule is CCSC1=C(c2ccc(Cl)cc2Cl)C(=O)N(c2ccccc2OC)C1=O. The average Bonchev–Trinajstić information content (AvgIpc) is 2.86. The minimum absolute atomic E-state index is 0.287. The maximum absolute atomic E-state index is 13.2. The van der Waals surface area contributed by atoms with E-state index in [2.05, 4.69) is 0 Å². The van der Waals surface area contributed by atoms with Gasteiger partial charge in [-0.3, -0.25) is 9.59 Å². The van der Waals surface area contributed by atoms with Gasteiger partial charge >= 0.3 is 0 Å². The number of rotatable bonds is 5. The summed E-state index contributed by atoms with van der Waals surface area (Å²) >= 11 is 13.6. The van der Waals surface area contributed by atoms with Crippen molar-refractivity contribution >= 4 is 58.0 Å². The van der Waals surface area contributed by atoms with E-state index in [-0.39, 0.29) is 11.5 Å². The Morgan fingerprint density at radius 3 is 2.46 bits per heavy atom. The van der Waals surface area contributed by atoms with E-state index in [4.69, 9.17) is 27.9 Å². The summed E-state index contributed by atoms with van der Waals surface area (Å²) in [4.78, 5) is 27.7. The second-order valence-electron chi connectivity index (χ2n) is 5.38. The Bertz CT molecular complexity index is 927. The third-order valence-corrected chi connectivity index (χ3v) is 5.36. The van der Waals surface area contributed by atoms with Crippen molar-refractivity contribution < 1.29 is 14.3 Å². The van der Waals surface area contributed by atoms with Gasteiger partial charge in [0.05, 0.1) is 28.3 Å². The Balaban J connectivity index is 2.16. The van der Waals surface area contributed by atoms with Crippen LogP contribution in [0.2, 0.25) is 10.0 Å². The summed E-state index contributed by atoms with van der Waals surface area (Å²) < 4.78 is 5.32. The smallest absolute Gasteiger partial charge is 0.272 e. The summed E-state index contributed by atoms with van der Waals surface area (Å²) in [5.41, 5.74) is 1.18. The highest BCUT2D eigenvalue weighted by molar-refractivity contribution is 8.04. The van der Waals surface area contributed by atoms with Crippen molar-refractivity contribution in [3.63, 3.8) is 0 Å². The predicted molar refractivity (Wildman–Crippen MR) is 107 cm³/mol. The molecule has 1 aliphatic rings. The first kappa shape index (κ1) is 18.8. The molecule has 0 saturated carbocycles. The quantitative estimate of drug-likeness (QED) is 0.651. The number of halogens is 2. The Labute approximate surface area is 165 Å². The van der Waals surface area contributed by atoms with Crippen LogP contribution in [0.25, 0.3) is 5.57 Å². The number of nitrogens with zero attached hydrogens (tertiary/aromatic N) is 1. The van der Waals surface area contributed by atoms with E-state index in [1.807, 2.05) is 6.92 Å². The van der Waals surface area contributed by atoms with E-state index in [9.17, 15) is 9.59 Å². The van der Waals surface area contributed by atoms with Crippen LogP contribution in [0.5, 0.6) is 5.75 Å². The molecule has 7 heteroatoms. The van der Waals surface area contributed by atoms with E-state index in [1.165, 1.54) is 18.9 Å². The fourth-order valence-electron chi connectivity index (χ4n) is 2.75. The fourth-order valence-corrected chi connectivity index (χ4v) is 4.10. The number of carbonyl (C=O) groups excluding carboxylic acids is 2. The Kier molecular flexibility index (Phi) is 5.61. The molecule has 0 fully saturated rings. The van der Waals surface area contributed by atoms with Crippen molar-refractivity contribution in [2.24, 2.45) is 0 Å². The molecule has 0 radical (unpaired) electrons. The first-order valence-electron chi connectivity index (χ1n) is 7.83. The number of carbonyl (C=O) groups is 2. The summed E-state index contributed by atoms with van der Waals surface area (Å²) in [6.45, 7) is 1.92. The van der Waals surface area contributed by atoms with Gasteiger partial charge in [-0.1, -0.05) is 48.3 Å². The van der Waals surface area contributed by atoms with Crippen molar-refractivity contribution in [1.29, 1.82) is 0 Å². The largest absolute Gasteiger partial charge is 0.495 e. The highest BCUT2D eigenvalue weighted by Gasteiger charge is 2.41. The highest BCUT2D eigenvalue weighted by Crippen LogP contribution is 2.42. The van der Waals surface area contributed by atoms with Gasteiger partial charge in [-0.05, 0) is 30.0 Å². The van der Waals surface area contributed by atoms with Crippen LogP contribution in [0.4, 0.5) is 5.69 Å². The van der Waals surface area contributed by atoms with E-state index < -0.39 is 5.91 Å². The minimum atomic E-state index is -0.431. The molecule has 0 bridgehead atoms. The van der Waals surface area contributed by atoms with E-state index in [0.29, 0.717) is 37.7 Å². The molecule has 0 saturated heterocycles. The van der Waals surface area contributed by atoms with Crippen LogP contribution in [0.1, 0.15) is 12.5 Å². The summed E-state index contributed by atoms with van der Waals surface area (Å²) in [6, 6.07) is 11.8. The molecule has 0 aromatic heterocycles. The molecule has 134 valence electrons. The second kappa shape index (κ2) is 7.74. The lowest BCUT2D eigenvalue weighted by molar-refractivity contribution is -0.119. The molecule has 2 amide bonds. The maximum Gasteiger partial charge on any atom is 0.272 e. The Hall–Kier alpha value is -1.95. The molecule has 0 atom stereocenters. The molecule has 3 rings (SSSR count). The highest BCUT2D eigenvalue weighted by atomic mass is 35.5. The molecule has 0 spiro atoms. The topological polar surface area (TPSA) is 46.6 Å². The molecule has 1 aliphatic heterocycles. The van der Waals surface area contributed by atoms with Crippen LogP contribution in [0.3, 0.4) is 0 Å². The summed E-state index contributed by atoms with van der Waals surface area (Å²) in [5.74, 6) is 0.272. The molecule has 0 unspecified atom stereocenters. The zero-order chi connectivity index (χ0) is 18.8. The van der Waals surface area contributed by atoms with Crippen LogP contribution >= 0.6 is 35.0 Å². The number of benzene rings is 2. The van der Waals surface area contributed by atoms with E-state index >= 15 is 0 Å². The zero-order valence-corrected chi connectivity index (χ0v) is 16.4. The van der Waals surface area contributed by atoms with Gasteiger partial charge < -0.3 is 4.74 Å². The van der Waals surface area contributed by atoms with Gasteiger partial charge in [-0.15, -0.1) is 11.8 Å². The number of ether oxygens (including phenoxy) is 1. The lowest BCUT2D eigenvalue weighted by atomic mass is 10.1. The van der Waals surface area contributed by atoms with Crippen molar-refractivity contribution in [3.8, 4) is 5.75 Å². The maximum atomic E-state index is 13.2. The minimum Gasteiger partial charge on any atom is -0.495 e. The third-order valence-electron chi connectivity index (χ3n) is 3.86. The number of hydrogen-bond acceptors (Lipinski definition) is 4. The monoisotopic (exact) mass is 407 g/mol. The molecule has 0 aliphatic carbocycles. The van der Waals surface area contributed by atoms with E-state index in [1.54, 1.807) is 42.5 Å². The summed E-state index contributed by atoms with van der Waals surface area (Å²) in [6.07, 6.45) is 0. The number of imide groups is 1. The van der Waals surface area contributed by atoms with Gasteiger partial charge in [-0.2, -0.15) is 0 Å². The first-order chi connectivity index (χ1) is 12.5. The number of anilines is 1. The molecule has 2 aromatic carbocycles. The van der Waals surface area contributed by atoms with Crippen molar-refractivity contribution in [3.05, 3.63) is 63.0 Å². The molecule has 0 N–H and O–H groups in total. The normalized spacial score (nSPS) is 14.4. The predicted octanol–water partition coefficient (Wildman–Crippen LogP) is 5.04. The average molecular weight is 408 g/mol. The van der Waals surface area contributed by atoms with Gasteiger partial charge in [0.2, 0.25) is 0 Å². The Morgan fingerprint density at radius 2 is 1.81 bits per heavy atom. The number of amides is 2. The second-order valence-corrected chi connectivity index (χ2v) is 7.50. The number of methoxy groups -OCH3 is 1. The lowest BCUT2D eigenvalue weighted by Crippen LogP contribution is -2.31. The standard InChI is InChI=1S/C19H15Cl2NO3S/c1-3-26-17-16(12-9-8-11(20)10-13(12)21)18(23)22(19(17)24)14-6-4-5-7-15(14)25-2/h4-10H,3H2,1-2H3. The summed E-state index contributed by atoms with van der Waals surface area (Å²) in [5, 5.41) is 0.784. The molecule has 4 nitrogen and oxygen atoms in total. The third kappa shape index (κ3) is 3.22. The van der Waals surface area contributed by atoms with Gasteiger partial charge in [0.1, 0.15) is 5.75 Å². The lowest BCUT2D eigenvalue weighted by Gasteiger charge is -2.18. The fraction of sp³-hybridized carbons (Fsp3) is 0.158. The van der Waals surface area contributed by atoms with Crippen LogP contribution in [0, 0.1) is 0 Å². The first-order valence-corrected chi connectivity index (χ1v) is 9.58. The molecule has 1 heterocycles. The van der Waals surface area contributed by atoms with Crippen LogP contribution < -0.4 is 9.64 Å². The van der Waals surface area contributed by atoms with Gasteiger partial charge in [0.25, 0.3) is 11.8 Å². The van der Waals surface area contributed by atoms with Gasteiger partial charge in [0.15, 0.2) is 0 Å². The van der Waals surface area contributed by atoms with Crippen LogP contribution in [-0.4, -0.2) is 24.7 Å². The van der Waals surface area contributed by atoms with E-state index in [0.717, 1.165) is 4.90 Å². The molecular weight excluding hydrogens is 393 g/mol. The van der Waals surface area contributed by atoms with Crippen LogP contribution in [-0.2, 0) is 9.59 Å². The number of thioether (sulfide) groups is 1. The van der Waals surface area contributed by atoms with Crippen molar-refractivity contribution in [1.82, 2.24) is 0 Å². The van der Waals surface area contributed by atoms with Gasteiger partial charge in [0, 0.05) is 10.6 Å². The van der Waals surface area contributed by atoms with Crippen molar-refractivity contribution in [2.45, 2.75) is 6.92 Å². The molecule has 2 aromatic rings. The Morgan fingerprint density at radius 1 is 1.08 bits per heavy atom. The molecular formula is C19H15Cl2NO3S. The van der Waals surface area contributed by atoms with Crippen molar-refractivity contribution in [2.75, 3.05) is 17.8 Å². The van der Waals surface area contributed by atoms with Crippen LogP contribution in [0.15, 0.2) is 47.4 Å². The molecule has 26 heavy (non-hydrogen) atoms. The van der Waals surface area contributed by atoms with Gasteiger partial charge in [-0.25, -0.2) is 4.90 Å². The number of para-hydroxylation sites is 2. The zero-order valence-electron chi connectivity index (χ0n) is 14.1.